The molecule has 2 rings (SSSR count). The monoisotopic (exact) mass is 441 g/mol. The summed E-state index contributed by atoms with van der Waals surface area (Å²) in [5.41, 5.74) is 1.99. The lowest BCUT2D eigenvalue weighted by Gasteiger charge is -2.13. The molecule has 2 aromatic rings. The van der Waals surface area contributed by atoms with Crippen molar-refractivity contribution in [2.75, 3.05) is 5.32 Å². The number of halogens is 4. The first-order chi connectivity index (χ1) is 8.99. The van der Waals surface area contributed by atoms with Gasteiger partial charge in [-0.3, -0.25) is 4.57 Å². The molecule has 0 bridgehead atoms. The Balaban J connectivity index is 2.17. The number of nitrogens with one attached hydrogen (secondary N) is 1. The Hall–Kier alpha value is -0.700. The van der Waals surface area contributed by atoms with Crippen LogP contribution in [0.4, 0.5) is 14.5 Å². The number of alkyl halides is 2. The summed E-state index contributed by atoms with van der Waals surface area (Å²) in [6.45, 7) is -0.339. The molecule has 1 heterocycles. The van der Waals surface area contributed by atoms with Crippen molar-refractivity contribution >= 4 is 44.2 Å². The van der Waals surface area contributed by atoms with Crippen LogP contribution in [0.1, 0.15) is 17.9 Å². The number of rotatable bonds is 4. The first kappa shape index (κ1) is 14.7. The van der Waals surface area contributed by atoms with Crippen molar-refractivity contribution in [3.63, 3.8) is 0 Å². The van der Waals surface area contributed by atoms with E-state index in [4.69, 9.17) is 0 Å². The Morgan fingerprint density at radius 3 is 2.84 bits per heavy atom. The summed E-state index contributed by atoms with van der Waals surface area (Å²) in [7, 11) is 0. The van der Waals surface area contributed by atoms with Gasteiger partial charge in [-0.25, -0.2) is 4.98 Å². The Labute approximate surface area is 131 Å². The fourth-order valence-electron chi connectivity index (χ4n) is 1.75. The van der Waals surface area contributed by atoms with Gasteiger partial charge in [-0.05, 0) is 47.2 Å². The van der Waals surface area contributed by atoms with Crippen molar-refractivity contribution in [3.8, 4) is 0 Å². The van der Waals surface area contributed by atoms with Gasteiger partial charge in [0.1, 0.15) is 5.82 Å². The third kappa shape index (κ3) is 3.44. The second kappa shape index (κ2) is 6.17. The van der Waals surface area contributed by atoms with Crippen molar-refractivity contribution in [3.05, 3.63) is 44.0 Å². The maximum Gasteiger partial charge on any atom is 0.319 e. The van der Waals surface area contributed by atoms with Crippen LogP contribution < -0.4 is 5.32 Å². The van der Waals surface area contributed by atoms with Gasteiger partial charge in [0.2, 0.25) is 0 Å². The quantitative estimate of drug-likeness (QED) is 0.704. The number of imidazole rings is 1. The molecule has 0 aliphatic carbocycles. The SMILES string of the molecule is Cc1cc(Br)cc(I)c1NCc1nccn1C(F)F. The van der Waals surface area contributed by atoms with Crippen molar-refractivity contribution < 1.29 is 8.78 Å². The van der Waals surface area contributed by atoms with Crippen LogP contribution in [-0.4, -0.2) is 9.55 Å². The molecule has 0 aliphatic heterocycles. The lowest BCUT2D eigenvalue weighted by Crippen LogP contribution is -2.10. The van der Waals surface area contributed by atoms with Crippen LogP contribution in [0.25, 0.3) is 0 Å². The zero-order valence-electron chi connectivity index (χ0n) is 10.0. The number of aryl methyl sites for hydroxylation is 1. The summed E-state index contributed by atoms with van der Waals surface area (Å²) in [5, 5.41) is 3.16. The molecule has 1 aromatic heterocycles. The number of benzene rings is 1. The number of hydrogen-bond acceptors (Lipinski definition) is 2. The molecular formula is C12H11BrF2IN3. The predicted molar refractivity (Wildman–Crippen MR) is 82.4 cm³/mol. The molecule has 0 saturated carbocycles. The van der Waals surface area contributed by atoms with E-state index in [1.165, 1.54) is 12.4 Å². The Morgan fingerprint density at radius 1 is 1.47 bits per heavy atom. The van der Waals surface area contributed by atoms with Gasteiger partial charge in [-0.15, -0.1) is 0 Å². The highest BCUT2D eigenvalue weighted by Crippen LogP contribution is 2.27. The first-order valence-electron chi connectivity index (χ1n) is 5.48. The van der Waals surface area contributed by atoms with Gasteiger partial charge < -0.3 is 5.32 Å². The molecule has 19 heavy (non-hydrogen) atoms. The second-order valence-electron chi connectivity index (χ2n) is 3.96. The fraction of sp³-hybridized carbons (Fsp3) is 0.250. The molecule has 102 valence electrons. The van der Waals surface area contributed by atoms with Crippen LogP contribution >= 0.6 is 38.5 Å². The smallest absolute Gasteiger partial charge is 0.319 e. The van der Waals surface area contributed by atoms with Crippen molar-refractivity contribution in [2.45, 2.75) is 20.0 Å². The van der Waals surface area contributed by atoms with E-state index in [0.717, 1.165) is 23.9 Å². The maximum absolute atomic E-state index is 12.7. The van der Waals surface area contributed by atoms with Gasteiger partial charge in [-0.1, -0.05) is 15.9 Å². The molecule has 0 unspecified atom stereocenters. The van der Waals surface area contributed by atoms with E-state index in [1.54, 1.807) is 0 Å². The number of anilines is 1. The zero-order valence-corrected chi connectivity index (χ0v) is 13.7. The lowest BCUT2D eigenvalue weighted by molar-refractivity contribution is 0.0673. The minimum absolute atomic E-state index is 0.260. The standard InChI is InChI=1S/C12H11BrF2IN3/c1-7-4-8(13)5-9(16)11(7)18-6-10-17-2-3-19(10)12(14)15/h2-5,12,18H,6H2,1H3. The molecule has 7 heteroatoms. The van der Waals surface area contributed by atoms with E-state index in [1.807, 2.05) is 19.1 Å². The largest absolute Gasteiger partial charge is 0.377 e. The maximum atomic E-state index is 12.7. The summed E-state index contributed by atoms with van der Waals surface area (Å²) >= 11 is 5.63. The summed E-state index contributed by atoms with van der Waals surface area (Å²) < 4.78 is 28.2. The molecule has 1 aromatic carbocycles. The molecule has 0 amide bonds. The average molecular weight is 442 g/mol. The third-order valence-corrected chi connectivity index (χ3v) is 3.94. The van der Waals surface area contributed by atoms with E-state index >= 15 is 0 Å². The number of nitrogens with zero attached hydrogens (tertiary/aromatic N) is 2. The molecule has 0 spiro atoms. The molecule has 0 aliphatic rings. The minimum Gasteiger partial charge on any atom is -0.377 e. The van der Waals surface area contributed by atoms with Crippen LogP contribution in [-0.2, 0) is 6.54 Å². The van der Waals surface area contributed by atoms with E-state index in [-0.39, 0.29) is 6.54 Å². The number of aromatic nitrogens is 2. The van der Waals surface area contributed by atoms with E-state index in [2.05, 4.69) is 48.8 Å². The van der Waals surface area contributed by atoms with Gasteiger partial charge in [0, 0.05) is 20.4 Å². The average Bonchev–Trinajstić information content (AvgIpc) is 2.75. The molecule has 0 radical (unpaired) electrons. The molecule has 0 fully saturated rings. The van der Waals surface area contributed by atoms with Gasteiger partial charge in [-0.2, -0.15) is 8.78 Å². The highest BCUT2D eigenvalue weighted by Gasteiger charge is 2.12. The fourth-order valence-corrected chi connectivity index (χ4v) is 3.70. The Morgan fingerprint density at radius 2 is 2.21 bits per heavy atom. The second-order valence-corrected chi connectivity index (χ2v) is 6.04. The zero-order chi connectivity index (χ0) is 14.0. The Bertz CT molecular complexity index is 563. The van der Waals surface area contributed by atoms with Crippen molar-refractivity contribution in [2.24, 2.45) is 0 Å². The molecule has 0 atom stereocenters. The molecule has 0 saturated heterocycles. The van der Waals surface area contributed by atoms with E-state index in [9.17, 15) is 8.78 Å². The van der Waals surface area contributed by atoms with Gasteiger partial charge in [0.15, 0.2) is 0 Å². The lowest BCUT2D eigenvalue weighted by atomic mass is 10.2. The van der Waals surface area contributed by atoms with Crippen molar-refractivity contribution in [1.29, 1.82) is 0 Å². The first-order valence-corrected chi connectivity index (χ1v) is 7.35. The minimum atomic E-state index is -2.57. The van der Waals surface area contributed by atoms with Crippen molar-refractivity contribution in [1.82, 2.24) is 9.55 Å². The topological polar surface area (TPSA) is 29.9 Å². The highest BCUT2D eigenvalue weighted by molar-refractivity contribution is 14.1. The van der Waals surface area contributed by atoms with E-state index in [0.29, 0.717) is 5.82 Å². The Kier molecular flexibility index (Phi) is 4.77. The summed E-state index contributed by atoms with van der Waals surface area (Å²) in [5.74, 6) is 0.313. The highest BCUT2D eigenvalue weighted by atomic mass is 127. The summed E-state index contributed by atoms with van der Waals surface area (Å²) in [6.07, 6.45) is 2.66. The third-order valence-electron chi connectivity index (χ3n) is 2.63. The summed E-state index contributed by atoms with van der Waals surface area (Å²) in [6, 6.07) is 3.94. The van der Waals surface area contributed by atoms with Gasteiger partial charge >= 0.3 is 6.55 Å². The molecular weight excluding hydrogens is 431 g/mol. The number of hydrogen-bond donors (Lipinski definition) is 1. The van der Waals surface area contributed by atoms with Crippen LogP contribution in [0.2, 0.25) is 0 Å². The normalized spacial score (nSPS) is 11.1. The van der Waals surface area contributed by atoms with Crippen LogP contribution in [0.3, 0.4) is 0 Å². The predicted octanol–water partition coefficient (Wildman–Crippen LogP) is 4.57. The van der Waals surface area contributed by atoms with Gasteiger partial charge in [0.25, 0.3) is 0 Å². The molecule has 1 N–H and O–H groups in total. The van der Waals surface area contributed by atoms with E-state index < -0.39 is 6.55 Å². The molecule has 3 nitrogen and oxygen atoms in total. The summed E-state index contributed by atoms with van der Waals surface area (Å²) in [4.78, 5) is 3.94. The van der Waals surface area contributed by atoms with Crippen LogP contribution in [0, 0.1) is 10.5 Å². The van der Waals surface area contributed by atoms with Crippen LogP contribution in [0.15, 0.2) is 29.0 Å². The van der Waals surface area contributed by atoms with Crippen LogP contribution in [0.5, 0.6) is 0 Å². The van der Waals surface area contributed by atoms with Gasteiger partial charge in [0.05, 0.1) is 12.2 Å².